The molecule has 1 aromatic heterocycles. The van der Waals surface area contributed by atoms with Gasteiger partial charge in [-0.2, -0.15) is 5.10 Å². The lowest BCUT2D eigenvalue weighted by Gasteiger charge is -2.08. The molecule has 0 saturated carbocycles. The zero-order valence-electron chi connectivity index (χ0n) is 16.1. The first-order chi connectivity index (χ1) is 14.1. The highest BCUT2D eigenvalue weighted by atomic mass is 19.1. The van der Waals surface area contributed by atoms with E-state index in [1.54, 1.807) is 32.2 Å². The van der Waals surface area contributed by atoms with Gasteiger partial charge >= 0.3 is 0 Å². The molecule has 146 valence electrons. The molecule has 4 rings (SSSR count). The molecule has 0 radical (unpaired) electrons. The zero-order valence-corrected chi connectivity index (χ0v) is 16.1. The Balaban J connectivity index is 1.50. The van der Waals surface area contributed by atoms with E-state index in [0.717, 1.165) is 22.1 Å². The molecule has 1 heterocycles. The van der Waals surface area contributed by atoms with E-state index in [2.05, 4.69) is 10.4 Å². The molecule has 1 amide bonds. The number of rotatable bonds is 5. The van der Waals surface area contributed by atoms with Crippen LogP contribution in [0.3, 0.4) is 0 Å². The summed E-state index contributed by atoms with van der Waals surface area (Å²) in [5.41, 5.74) is 2.29. The number of carbonyl (C=O) groups is 1. The SMILES string of the molecule is COc1ccc2cc(CNC(=O)c3cnn(-c4ccccc4F)c3C)ccc2c1. The zero-order chi connectivity index (χ0) is 20.4. The molecule has 4 aromatic rings. The van der Waals surface area contributed by atoms with Crippen LogP contribution in [0.4, 0.5) is 4.39 Å². The molecule has 29 heavy (non-hydrogen) atoms. The number of hydrogen-bond acceptors (Lipinski definition) is 3. The molecule has 5 nitrogen and oxygen atoms in total. The summed E-state index contributed by atoms with van der Waals surface area (Å²) in [7, 11) is 1.64. The van der Waals surface area contributed by atoms with Crippen LogP contribution >= 0.6 is 0 Å². The summed E-state index contributed by atoms with van der Waals surface area (Å²) in [6.07, 6.45) is 1.46. The molecule has 1 N–H and O–H groups in total. The van der Waals surface area contributed by atoms with Crippen LogP contribution in [0.2, 0.25) is 0 Å². The van der Waals surface area contributed by atoms with Crippen LogP contribution in [0.25, 0.3) is 16.5 Å². The first-order valence-electron chi connectivity index (χ1n) is 9.21. The van der Waals surface area contributed by atoms with Gasteiger partial charge in [-0.15, -0.1) is 0 Å². The highest BCUT2D eigenvalue weighted by Crippen LogP contribution is 2.22. The monoisotopic (exact) mass is 389 g/mol. The summed E-state index contributed by atoms with van der Waals surface area (Å²) >= 11 is 0. The number of ether oxygens (including phenoxy) is 1. The van der Waals surface area contributed by atoms with Crippen LogP contribution in [0, 0.1) is 12.7 Å². The Labute approximate surface area is 167 Å². The fourth-order valence-corrected chi connectivity index (χ4v) is 3.29. The van der Waals surface area contributed by atoms with E-state index < -0.39 is 5.82 Å². The maximum Gasteiger partial charge on any atom is 0.255 e. The first-order valence-corrected chi connectivity index (χ1v) is 9.21. The second kappa shape index (κ2) is 7.75. The summed E-state index contributed by atoms with van der Waals surface area (Å²) in [4.78, 5) is 12.6. The smallest absolute Gasteiger partial charge is 0.255 e. The Hall–Kier alpha value is -3.67. The lowest BCUT2D eigenvalue weighted by Crippen LogP contribution is -2.23. The summed E-state index contributed by atoms with van der Waals surface area (Å²) in [6.45, 7) is 2.13. The van der Waals surface area contributed by atoms with Crippen molar-refractivity contribution >= 4 is 16.7 Å². The van der Waals surface area contributed by atoms with Gasteiger partial charge in [0.25, 0.3) is 5.91 Å². The molecule has 6 heteroatoms. The van der Waals surface area contributed by atoms with Gasteiger partial charge in [0.15, 0.2) is 0 Å². The second-order valence-electron chi connectivity index (χ2n) is 6.74. The molecule has 0 bridgehead atoms. The van der Waals surface area contributed by atoms with Crippen LogP contribution in [0.15, 0.2) is 66.9 Å². The van der Waals surface area contributed by atoms with Crippen molar-refractivity contribution in [3.63, 3.8) is 0 Å². The summed E-state index contributed by atoms with van der Waals surface area (Å²) in [5, 5.41) is 9.24. The van der Waals surface area contributed by atoms with E-state index in [9.17, 15) is 9.18 Å². The number of methoxy groups -OCH3 is 1. The number of amides is 1. The molecular weight excluding hydrogens is 369 g/mol. The molecule has 0 unspecified atom stereocenters. The van der Waals surface area contributed by atoms with Crippen LogP contribution in [-0.2, 0) is 6.54 Å². The molecule has 0 saturated heterocycles. The van der Waals surface area contributed by atoms with E-state index in [-0.39, 0.29) is 5.91 Å². The molecule has 0 fully saturated rings. The van der Waals surface area contributed by atoms with Gasteiger partial charge in [-0.05, 0) is 53.6 Å². The fourth-order valence-electron chi connectivity index (χ4n) is 3.29. The predicted octanol–water partition coefficient (Wildman–Crippen LogP) is 4.41. The van der Waals surface area contributed by atoms with E-state index in [4.69, 9.17) is 4.74 Å². The van der Waals surface area contributed by atoms with E-state index >= 15 is 0 Å². The molecule has 0 atom stereocenters. The van der Waals surface area contributed by atoms with Gasteiger partial charge in [0.1, 0.15) is 17.3 Å². The van der Waals surface area contributed by atoms with Crippen LogP contribution in [0.5, 0.6) is 5.75 Å². The van der Waals surface area contributed by atoms with Crippen molar-refractivity contribution in [3.05, 3.63) is 89.5 Å². The minimum atomic E-state index is -0.390. The lowest BCUT2D eigenvalue weighted by molar-refractivity contribution is 0.0950. The summed E-state index contributed by atoms with van der Waals surface area (Å²) < 4.78 is 20.7. The van der Waals surface area contributed by atoms with Crippen molar-refractivity contribution in [1.82, 2.24) is 15.1 Å². The predicted molar refractivity (Wildman–Crippen MR) is 110 cm³/mol. The van der Waals surface area contributed by atoms with Crippen LogP contribution < -0.4 is 10.1 Å². The molecule has 0 spiro atoms. The normalized spacial score (nSPS) is 10.9. The maximum absolute atomic E-state index is 14.0. The van der Waals surface area contributed by atoms with Crippen molar-refractivity contribution in [3.8, 4) is 11.4 Å². The van der Waals surface area contributed by atoms with Gasteiger partial charge in [0.2, 0.25) is 0 Å². The topological polar surface area (TPSA) is 56.1 Å². The van der Waals surface area contributed by atoms with Crippen molar-refractivity contribution < 1.29 is 13.9 Å². The van der Waals surface area contributed by atoms with Crippen molar-refractivity contribution in [2.24, 2.45) is 0 Å². The molecule has 3 aromatic carbocycles. The minimum Gasteiger partial charge on any atom is -0.497 e. The lowest BCUT2D eigenvalue weighted by atomic mass is 10.1. The Morgan fingerprint density at radius 2 is 1.86 bits per heavy atom. The first kappa shape index (κ1) is 18.7. The highest BCUT2D eigenvalue weighted by Gasteiger charge is 2.16. The third kappa shape index (κ3) is 3.69. The molecular formula is C23H20FN3O2. The minimum absolute atomic E-state index is 0.250. The van der Waals surface area contributed by atoms with Crippen LogP contribution in [-0.4, -0.2) is 22.8 Å². The Morgan fingerprint density at radius 1 is 1.10 bits per heavy atom. The Bertz CT molecular complexity index is 1200. The van der Waals surface area contributed by atoms with Crippen molar-refractivity contribution in [2.75, 3.05) is 7.11 Å². The van der Waals surface area contributed by atoms with Crippen molar-refractivity contribution in [2.45, 2.75) is 13.5 Å². The number of carbonyl (C=O) groups excluding carboxylic acids is 1. The molecule has 0 aliphatic heterocycles. The summed E-state index contributed by atoms with van der Waals surface area (Å²) in [5.74, 6) is 0.166. The average Bonchev–Trinajstić information content (AvgIpc) is 3.13. The average molecular weight is 389 g/mol. The number of fused-ring (bicyclic) bond motifs is 1. The number of nitrogens with zero attached hydrogens (tertiary/aromatic N) is 2. The Kier molecular flexibility index (Phi) is 4.99. The second-order valence-corrected chi connectivity index (χ2v) is 6.74. The van der Waals surface area contributed by atoms with Gasteiger partial charge in [0.05, 0.1) is 24.6 Å². The van der Waals surface area contributed by atoms with Crippen LogP contribution in [0.1, 0.15) is 21.6 Å². The van der Waals surface area contributed by atoms with Gasteiger partial charge in [-0.25, -0.2) is 9.07 Å². The number of halogens is 1. The third-order valence-electron chi connectivity index (χ3n) is 4.90. The van der Waals surface area contributed by atoms with E-state index in [1.807, 2.05) is 36.4 Å². The number of benzene rings is 3. The van der Waals surface area contributed by atoms with Gasteiger partial charge < -0.3 is 10.1 Å². The number of aromatic nitrogens is 2. The maximum atomic E-state index is 14.0. The van der Waals surface area contributed by atoms with E-state index in [0.29, 0.717) is 23.5 Å². The number of nitrogens with one attached hydrogen (secondary N) is 1. The number of para-hydroxylation sites is 1. The van der Waals surface area contributed by atoms with Gasteiger partial charge in [-0.1, -0.05) is 30.3 Å². The quantitative estimate of drug-likeness (QED) is 0.550. The summed E-state index contributed by atoms with van der Waals surface area (Å²) in [6, 6.07) is 18.2. The standard InChI is InChI=1S/C23H20FN3O2/c1-15-20(14-26-27(15)22-6-4-3-5-21(22)24)23(28)25-13-16-7-8-18-12-19(29-2)10-9-17(18)11-16/h3-12,14H,13H2,1-2H3,(H,25,28). The van der Waals surface area contributed by atoms with E-state index in [1.165, 1.54) is 16.9 Å². The fraction of sp³-hybridized carbons (Fsp3) is 0.130. The van der Waals surface area contributed by atoms with Gasteiger partial charge in [-0.3, -0.25) is 4.79 Å². The molecule has 0 aliphatic rings. The molecule has 0 aliphatic carbocycles. The highest BCUT2D eigenvalue weighted by molar-refractivity contribution is 5.95. The largest absolute Gasteiger partial charge is 0.497 e. The van der Waals surface area contributed by atoms with Gasteiger partial charge in [0, 0.05) is 6.54 Å². The third-order valence-corrected chi connectivity index (χ3v) is 4.90. The Morgan fingerprint density at radius 3 is 2.66 bits per heavy atom. The number of hydrogen-bond donors (Lipinski definition) is 1. The van der Waals surface area contributed by atoms with Crippen molar-refractivity contribution in [1.29, 1.82) is 0 Å².